The number of hydrogen-bond acceptors (Lipinski definition) is 3. The molecule has 5 nitrogen and oxygen atoms in total. The van der Waals surface area contributed by atoms with E-state index < -0.39 is 0 Å². The van der Waals surface area contributed by atoms with E-state index in [9.17, 15) is 4.79 Å². The van der Waals surface area contributed by atoms with E-state index in [4.69, 9.17) is 0 Å². The molecule has 0 saturated carbocycles. The van der Waals surface area contributed by atoms with Crippen molar-refractivity contribution in [2.75, 3.05) is 7.05 Å². The van der Waals surface area contributed by atoms with Crippen LogP contribution in [0.2, 0.25) is 0 Å². The fourth-order valence-electron chi connectivity index (χ4n) is 2.11. The van der Waals surface area contributed by atoms with E-state index in [-0.39, 0.29) is 5.91 Å². The highest BCUT2D eigenvalue weighted by Crippen LogP contribution is 2.15. The maximum absolute atomic E-state index is 12.4. The summed E-state index contributed by atoms with van der Waals surface area (Å²) in [5.74, 6) is 0.732. The van der Waals surface area contributed by atoms with Gasteiger partial charge < -0.3 is 9.88 Å². The van der Waals surface area contributed by atoms with Crippen molar-refractivity contribution in [2.24, 2.45) is 0 Å². The molecule has 0 aliphatic heterocycles. The molecule has 2 heterocycles. The Kier molecular flexibility index (Phi) is 3.16. The first-order chi connectivity index (χ1) is 9.74. The molecule has 2 aromatic heterocycles. The first-order valence-corrected chi connectivity index (χ1v) is 6.32. The van der Waals surface area contributed by atoms with Crippen LogP contribution >= 0.6 is 0 Å². The summed E-state index contributed by atoms with van der Waals surface area (Å²) in [4.78, 5) is 25.4. The lowest BCUT2D eigenvalue weighted by Crippen LogP contribution is -2.26. The Morgan fingerprint density at radius 1 is 1.25 bits per heavy atom. The van der Waals surface area contributed by atoms with Gasteiger partial charge in [-0.15, -0.1) is 0 Å². The van der Waals surface area contributed by atoms with Crippen molar-refractivity contribution in [2.45, 2.75) is 6.54 Å². The molecule has 3 rings (SSSR count). The number of pyridine rings is 1. The molecule has 0 spiro atoms. The molecule has 0 fully saturated rings. The quantitative estimate of drug-likeness (QED) is 0.790. The van der Waals surface area contributed by atoms with Gasteiger partial charge in [-0.1, -0.05) is 6.07 Å². The molecule has 1 aromatic carbocycles. The van der Waals surface area contributed by atoms with E-state index in [0.29, 0.717) is 12.1 Å². The number of H-pyrrole nitrogens is 1. The molecule has 0 aliphatic carbocycles. The molecule has 0 aliphatic rings. The SMILES string of the molecule is CN(Cc1ncc[nH]1)C(=O)c1ccc2ncccc2c1. The predicted octanol–water partition coefficient (Wildman–Crippen LogP) is 2.23. The number of fused-ring (bicyclic) bond motifs is 1. The van der Waals surface area contributed by atoms with Crippen LogP contribution in [0, 0.1) is 0 Å². The van der Waals surface area contributed by atoms with Gasteiger partial charge in [-0.2, -0.15) is 0 Å². The van der Waals surface area contributed by atoms with Crippen LogP contribution in [0.5, 0.6) is 0 Å². The first kappa shape index (κ1) is 12.3. The zero-order valence-corrected chi connectivity index (χ0v) is 11.1. The molecule has 1 N–H and O–H groups in total. The molecule has 20 heavy (non-hydrogen) atoms. The normalized spacial score (nSPS) is 10.7. The van der Waals surface area contributed by atoms with Gasteiger partial charge in [0.2, 0.25) is 0 Å². The Morgan fingerprint density at radius 3 is 2.95 bits per heavy atom. The maximum atomic E-state index is 12.4. The van der Waals surface area contributed by atoms with Gasteiger partial charge in [0.1, 0.15) is 5.82 Å². The molecule has 0 radical (unpaired) electrons. The fourth-order valence-corrected chi connectivity index (χ4v) is 2.11. The van der Waals surface area contributed by atoms with Gasteiger partial charge in [0.15, 0.2) is 0 Å². The summed E-state index contributed by atoms with van der Waals surface area (Å²) in [5.41, 5.74) is 1.54. The minimum atomic E-state index is -0.0350. The topological polar surface area (TPSA) is 61.9 Å². The molecular formula is C15H14N4O. The lowest BCUT2D eigenvalue weighted by molar-refractivity contribution is 0.0782. The number of benzene rings is 1. The smallest absolute Gasteiger partial charge is 0.254 e. The van der Waals surface area contributed by atoms with Crippen molar-refractivity contribution in [3.05, 3.63) is 60.3 Å². The standard InChI is InChI=1S/C15H14N4O/c1-19(10-14-17-7-8-18-14)15(20)12-4-5-13-11(9-12)3-2-6-16-13/h2-9H,10H2,1H3,(H,17,18). The number of rotatable bonds is 3. The number of hydrogen-bond donors (Lipinski definition) is 1. The number of nitrogens with zero attached hydrogens (tertiary/aromatic N) is 3. The zero-order chi connectivity index (χ0) is 13.9. The Bertz CT molecular complexity index is 736. The Balaban J connectivity index is 1.84. The summed E-state index contributed by atoms with van der Waals surface area (Å²) in [7, 11) is 1.76. The first-order valence-electron chi connectivity index (χ1n) is 6.32. The van der Waals surface area contributed by atoms with Gasteiger partial charge in [0.25, 0.3) is 5.91 Å². The minimum Gasteiger partial charge on any atom is -0.347 e. The third-order valence-corrected chi connectivity index (χ3v) is 3.14. The number of carbonyl (C=O) groups is 1. The lowest BCUT2D eigenvalue weighted by atomic mass is 10.1. The molecular weight excluding hydrogens is 252 g/mol. The van der Waals surface area contributed by atoms with Gasteiger partial charge in [-0.05, 0) is 24.3 Å². The van der Waals surface area contributed by atoms with Crippen molar-refractivity contribution in [3.63, 3.8) is 0 Å². The highest BCUT2D eigenvalue weighted by molar-refractivity contribution is 5.97. The summed E-state index contributed by atoms with van der Waals surface area (Å²) in [5, 5.41) is 0.963. The van der Waals surface area contributed by atoms with Crippen molar-refractivity contribution >= 4 is 16.8 Å². The Hall–Kier alpha value is -2.69. The van der Waals surface area contributed by atoms with Crippen LogP contribution in [0.4, 0.5) is 0 Å². The van der Waals surface area contributed by atoms with E-state index >= 15 is 0 Å². The molecule has 0 saturated heterocycles. The summed E-state index contributed by atoms with van der Waals surface area (Å²) in [6.45, 7) is 0.455. The van der Waals surface area contributed by atoms with E-state index in [1.54, 1.807) is 36.6 Å². The van der Waals surface area contributed by atoms with E-state index in [2.05, 4.69) is 15.0 Å². The average molecular weight is 266 g/mol. The average Bonchev–Trinajstić information content (AvgIpc) is 2.99. The third kappa shape index (κ3) is 2.38. The van der Waals surface area contributed by atoms with Gasteiger partial charge in [0.05, 0.1) is 12.1 Å². The van der Waals surface area contributed by atoms with Gasteiger partial charge in [0, 0.05) is 36.6 Å². The highest BCUT2D eigenvalue weighted by atomic mass is 16.2. The minimum absolute atomic E-state index is 0.0350. The van der Waals surface area contributed by atoms with Gasteiger partial charge >= 0.3 is 0 Å². The molecule has 3 aromatic rings. The molecule has 0 atom stereocenters. The van der Waals surface area contributed by atoms with E-state index in [1.807, 2.05) is 24.3 Å². The molecule has 5 heteroatoms. The van der Waals surface area contributed by atoms with Crippen LogP contribution in [0.15, 0.2) is 48.9 Å². The van der Waals surface area contributed by atoms with E-state index in [1.165, 1.54) is 0 Å². The van der Waals surface area contributed by atoms with Crippen LogP contribution in [-0.4, -0.2) is 32.8 Å². The lowest BCUT2D eigenvalue weighted by Gasteiger charge is -2.16. The highest BCUT2D eigenvalue weighted by Gasteiger charge is 2.13. The predicted molar refractivity (Wildman–Crippen MR) is 76.1 cm³/mol. The van der Waals surface area contributed by atoms with Gasteiger partial charge in [-0.3, -0.25) is 9.78 Å². The molecule has 1 amide bonds. The van der Waals surface area contributed by atoms with Crippen LogP contribution in [0.3, 0.4) is 0 Å². The van der Waals surface area contributed by atoms with Crippen molar-refractivity contribution < 1.29 is 4.79 Å². The van der Waals surface area contributed by atoms with Crippen molar-refractivity contribution in [1.29, 1.82) is 0 Å². The number of imidazole rings is 1. The number of aromatic amines is 1. The summed E-state index contributed by atoms with van der Waals surface area (Å²) >= 11 is 0. The Morgan fingerprint density at radius 2 is 2.15 bits per heavy atom. The zero-order valence-electron chi connectivity index (χ0n) is 11.1. The molecule has 0 bridgehead atoms. The van der Waals surface area contributed by atoms with Crippen molar-refractivity contribution in [3.8, 4) is 0 Å². The van der Waals surface area contributed by atoms with Crippen molar-refractivity contribution in [1.82, 2.24) is 19.9 Å². The summed E-state index contributed by atoms with van der Waals surface area (Å²) in [6, 6.07) is 9.34. The van der Waals surface area contributed by atoms with Crippen LogP contribution in [0.1, 0.15) is 16.2 Å². The number of amides is 1. The largest absolute Gasteiger partial charge is 0.347 e. The third-order valence-electron chi connectivity index (χ3n) is 3.14. The fraction of sp³-hybridized carbons (Fsp3) is 0.133. The van der Waals surface area contributed by atoms with Gasteiger partial charge in [-0.25, -0.2) is 4.98 Å². The second-order valence-corrected chi connectivity index (χ2v) is 4.61. The van der Waals surface area contributed by atoms with Crippen LogP contribution in [-0.2, 0) is 6.54 Å². The molecule has 0 unspecified atom stereocenters. The monoisotopic (exact) mass is 266 g/mol. The maximum Gasteiger partial charge on any atom is 0.254 e. The number of aromatic nitrogens is 3. The number of carbonyl (C=O) groups excluding carboxylic acids is 1. The summed E-state index contributed by atoms with van der Waals surface area (Å²) in [6.07, 6.45) is 5.16. The second kappa shape index (κ2) is 5.13. The van der Waals surface area contributed by atoms with Crippen LogP contribution < -0.4 is 0 Å². The summed E-state index contributed by atoms with van der Waals surface area (Å²) < 4.78 is 0. The molecule has 100 valence electrons. The second-order valence-electron chi connectivity index (χ2n) is 4.61. The van der Waals surface area contributed by atoms with Crippen LogP contribution in [0.25, 0.3) is 10.9 Å². The van der Waals surface area contributed by atoms with E-state index in [0.717, 1.165) is 16.7 Å². The number of nitrogens with one attached hydrogen (secondary N) is 1. The Labute approximate surface area is 116 Å².